The van der Waals surface area contributed by atoms with Crippen LogP contribution in [-0.2, 0) is 20.4 Å². The Labute approximate surface area is 146 Å². The van der Waals surface area contributed by atoms with Crippen molar-refractivity contribution in [3.05, 3.63) is 64.4 Å². The van der Waals surface area contributed by atoms with E-state index >= 15 is 0 Å². The molecule has 0 saturated heterocycles. The number of methoxy groups -OCH3 is 1. The first-order valence-corrected chi connectivity index (χ1v) is 9.12. The molecule has 0 spiro atoms. The van der Waals surface area contributed by atoms with E-state index in [-0.39, 0.29) is 17.0 Å². The van der Waals surface area contributed by atoms with Crippen LogP contribution in [0.2, 0.25) is 5.02 Å². The molecule has 0 bridgehead atoms. The average molecular weight is 372 g/mol. The van der Waals surface area contributed by atoms with E-state index in [0.29, 0.717) is 10.6 Å². The molecule has 0 aliphatic rings. The lowest BCUT2D eigenvalue weighted by Gasteiger charge is -2.29. The number of ether oxygens (including phenoxy) is 1. The predicted octanol–water partition coefficient (Wildman–Crippen LogP) is 3.63. The first-order valence-electron chi connectivity index (χ1n) is 7.25. The second-order valence-electron chi connectivity index (χ2n) is 5.65. The second-order valence-corrected chi connectivity index (χ2v) is 7.82. The fourth-order valence-electron chi connectivity index (χ4n) is 2.34. The van der Waals surface area contributed by atoms with Crippen LogP contribution in [0.5, 0.6) is 0 Å². The Morgan fingerprint density at radius 1 is 1.25 bits per heavy atom. The van der Waals surface area contributed by atoms with E-state index in [4.69, 9.17) is 16.3 Å². The zero-order valence-corrected chi connectivity index (χ0v) is 15.2. The van der Waals surface area contributed by atoms with Gasteiger partial charge in [0, 0.05) is 24.2 Å². The van der Waals surface area contributed by atoms with Gasteiger partial charge in [-0.1, -0.05) is 35.9 Å². The van der Waals surface area contributed by atoms with Gasteiger partial charge in [0.1, 0.15) is 11.4 Å². The van der Waals surface area contributed by atoms with E-state index in [9.17, 15) is 12.8 Å². The first-order chi connectivity index (χ1) is 11.2. The molecular weight excluding hydrogens is 353 g/mol. The normalized spacial score (nSPS) is 14.4. The SMILES string of the molecule is CO[C@@](C)(CNS(=O)(=O)c1cc(Cl)ccc1C)c1ccccc1F. The fraction of sp³-hybridized carbons (Fsp3) is 0.294. The maximum absolute atomic E-state index is 14.1. The summed E-state index contributed by atoms with van der Waals surface area (Å²) in [5.41, 5.74) is -0.305. The molecule has 0 heterocycles. The molecule has 0 saturated carbocycles. The molecule has 0 unspecified atom stereocenters. The molecule has 4 nitrogen and oxygen atoms in total. The molecule has 0 aromatic heterocycles. The number of benzene rings is 2. The zero-order valence-electron chi connectivity index (χ0n) is 13.6. The van der Waals surface area contributed by atoms with Crippen molar-refractivity contribution in [3.8, 4) is 0 Å². The van der Waals surface area contributed by atoms with E-state index < -0.39 is 21.4 Å². The van der Waals surface area contributed by atoms with E-state index in [2.05, 4.69) is 4.72 Å². The van der Waals surface area contributed by atoms with Gasteiger partial charge in [0.15, 0.2) is 0 Å². The van der Waals surface area contributed by atoms with E-state index in [1.54, 1.807) is 44.2 Å². The minimum absolute atomic E-state index is 0.0852. The van der Waals surface area contributed by atoms with Crippen LogP contribution >= 0.6 is 11.6 Å². The van der Waals surface area contributed by atoms with Gasteiger partial charge in [-0.3, -0.25) is 0 Å². The Kier molecular flexibility index (Phi) is 5.65. The van der Waals surface area contributed by atoms with Crippen LogP contribution in [0.3, 0.4) is 0 Å². The summed E-state index contributed by atoms with van der Waals surface area (Å²) >= 11 is 5.89. The Morgan fingerprint density at radius 3 is 2.54 bits per heavy atom. The molecule has 0 aliphatic carbocycles. The first kappa shape index (κ1) is 18.9. The summed E-state index contributed by atoms with van der Waals surface area (Å²) in [6, 6.07) is 10.7. The Balaban J connectivity index is 2.30. The molecular formula is C17H19ClFNO3S. The zero-order chi connectivity index (χ0) is 18.0. The van der Waals surface area contributed by atoms with Crippen molar-refractivity contribution in [2.24, 2.45) is 0 Å². The van der Waals surface area contributed by atoms with Crippen molar-refractivity contribution in [1.82, 2.24) is 4.72 Å². The Hall–Kier alpha value is -1.47. The summed E-state index contributed by atoms with van der Waals surface area (Å²) in [6.07, 6.45) is 0. The van der Waals surface area contributed by atoms with Crippen molar-refractivity contribution in [3.63, 3.8) is 0 Å². The highest BCUT2D eigenvalue weighted by atomic mass is 35.5. The topological polar surface area (TPSA) is 55.4 Å². The van der Waals surface area contributed by atoms with E-state index in [1.165, 1.54) is 19.2 Å². The summed E-state index contributed by atoms with van der Waals surface area (Å²) in [6.45, 7) is 3.18. The molecule has 2 aromatic carbocycles. The van der Waals surface area contributed by atoms with Gasteiger partial charge in [0.2, 0.25) is 10.0 Å². The molecule has 7 heteroatoms. The summed E-state index contributed by atoms with van der Waals surface area (Å²) in [5, 5.41) is 0.324. The summed E-state index contributed by atoms with van der Waals surface area (Å²) < 4.78 is 47.1. The Bertz CT molecular complexity index is 841. The third kappa shape index (κ3) is 3.95. The van der Waals surface area contributed by atoms with Crippen molar-refractivity contribution in [2.45, 2.75) is 24.3 Å². The van der Waals surface area contributed by atoms with Crippen LogP contribution in [-0.4, -0.2) is 22.1 Å². The molecule has 0 radical (unpaired) electrons. The van der Waals surface area contributed by atoms with E-state index in [0.717, 1.165) is 0 Å². The van der Waals surface area contributed by atoms with Gasteiger partial charge in [-0.15, -0.1) is 0 Å². The smallest absolute Gasteiger partial charge is 0.240 e. The van der Waals surface area contributed by atoms with Crippen molar-refractivity contribution < 1.29 is 17.5 Å². The van der Waals surface area contributed by atoms with Crippen LogP contribution in [0.1, 0.15) is 18.1 Å². The van der Waals surface area contributed by atoms with Gasteiger partial charge in [-0.2, -0.15) is 0 Å². The van der Waals surface area contributed by atoms with Gasteiger partial charge >= 0.3 is 0 Å². The van der Waals surface area contributed by atoms with Crippen LogP contribution < -0.4 is 4.72 Å². The molecule has 0 aliphatic heterocycles. The third-order valence-electron chi connectivity index (χ3n) is 3.93. The van der Waals surface area contributed by atoms with Crippen molar-refractivity contribution in [2.75, 3.05) is 13.7 Å². The Morgan fingerprint density at radius 2 is 1.92 bits per heavy atom. The van der Waals surface area contributed by atoms with Crippen LogP contribution in [0.15, 0.2) is 47.4 Å². The van der Waals surface area contributed by atoms with Crippen LogP contribution in [0, 0.1) is 12.7 Å². The van der Waals surface area contributed by atoms with Gasteiger partial charge < -0.3 is 4.74 Å². The molecule has 24 heavy (non-hydrogen) atoms. The highest BCUT2D eigenvalue weighted by Gasteiger charge is 2.31. The molecule has 130 valence electrons. The number of hydrogen-bond donors (Lipinski definition) is 1. The summed E-state index contributed by atoms with van der Waals surface area (Å²) in [4.78, 5) is 0.0852. The molecule has 2 rings (SSSR count). The number of aryl methyl sites for hydroxylation is 1. The van der Waals surface area contributed by atoms with Crippen LogP contribution in [0.25, 0.3) is 0 Å². The number of sulfonamides is 1. The largest absolute Gasteiger partial charge is 0.372 e. The number of halogens is 2. The highest BCUT2D eigenvalue weighted by molar-refractivity contribution is 7.89. The van der Waals surface area contributed by atoms with Gasteiger partial charge in [0.05, 0.1) is 4.90 Å². The minimum atomic E-state index is -3.81. The molecule has 1 atom stereocenters. The fourth-order valence-corrected chi connectivity index (χ4v) is 3.97. The maximum Gasteiger partial charge on any atom is 0.240 e. The van der Waals surface area contributed by atoms with Crippen LogP contribution in [0.4, 0.5) is 4.39 Å². The van der Waals surface area contributed by atoms with Crippen molar-refractivity contribution in [1.29, 1.82) is 0 Å². The van der Waals surface area contributed by atoms with E-state index in [1.807, 2.05) is 0 Å². The second kappa shape index (κ2) is 7.19. The highest BCUT2D eigenvalue weighted by Crippen LogP contribution is 2.27. The maximum atomic E-state index is 14.1. The molecule has 2 aromatic rings. The monoisotopic (exact) mass is 371 g/mol. The standard InChI is InChI=1S/C17H19ClFNO3S/c1-12-8-9-13(18)10-16(12)24(21,22)20-11-17(2,23-3)14-6-4-5-7-15(14)19/h4-10,20H,11H2,1-3H3/t17-/m0/s1. The summed E-state index contributed by atoms with van der Waals surface area (Å²) in [5.74, 6) is -0.458. The summed E-state index contributed by atoms with van der Waals surface area (Å²) in [7, 11) is -2.41. The lowest BCUT2D eigenvalue weighted by molar-refractivity contribution is 0.00410. The van der Waals surface area contributed by atoms with Gasteiger partial charge in [-0.05, 0) is 37.6 Å². The average Bonchev–Trinajstić information content (AvgIpc) is 2.55. The lowest BCUT2D eigenvalue weighted by Crippen LogP contribution is -2.40. The lowest BCUT2D eigenvalue weighted by atomic mass is 9.95. The quantitative estimate of drug-likeness (QED) is 0.843. The third-order valence-corrected chi connectivity index (χ3v) is 5.71. The predicted molar refractivity (Wildman–Crippen MR) is 92.1 cm³/mol. The number of hydrogen-bond acceptors (Lipinski definition) is 3. The van der Waals surface area contributed by atoms with Crippen molar-refractivity contribution >= 4 is 21.6 Å². The molecule has 0 fully saturated rings. The molecule has 0 amide bonds. The number of rotatable bonds is 6. The molecule has 1 N–H and O–H groups in total. The number of nitrogens with one attached hydrogen (secondary N) is 1. The minimum Gasteiger partial charge on any atom is -0.372 e. The van der Waals surface area contributed by atoms with Gasteiger partial charge in [-0.25, -0.2) is 17.5 Å². The van der Waals surface area contributed by atoms with Gasteiger partial charge in [0.25, 0.3) is 0 Å².